The standard InChI is InChI=1S/C15H23FN2O/c1-12-4-5-13(9-15(12)16)10-18(7-8-19)11-14-3-2-6-17-14/h4-5,9,14,17,19H,2-3,6-8,10-11H2,1H3. The topological polar surface area (TPSA) is 35.5 Å². The van der Waals surface area contributed by atoms with E-state index in [1.807, 2.05) is 12.1 Å². The number of benzene rings is 1. The molecule has 19 heavy (non-hydrogen) atoms. The van der Waals surface area contributed by atoms with Crippen molar-refractivity contribution in [3.05, 3.63) is 35.1 Å². The van der Waals surface area contributed by atoms with Crippen LogP contribution in [-0.4, -0.2) is 42.3 Å². The number of hydrogen-bond acceptors (Lipinski definition) is 3. The molecule has 3 nitrogen and oxygen atoms in total. The normalized spacial score (nSPS) is 19.3. The first kappa shape index (κ1) is 14.4. The third-order valence-electron chi connectivity index (χ3n) is 3.70. The average Bonchev–Trinajstić information content (AvgIpc) is 2.87. The summed E-state index contributed by atoms with van der Waals surface area (Å²) in [7, 11) is 0. The van der Waals surface area contributed by atoms with Gasteiger partial charge in [0, 0.05) is 25.7 Å². The largest absolute Gasteiger partial charge is 0.395 e. The molecule has 1 aliphatic heterocycles. The molecule has 2 rings (SSSR count). The number of aryl methyl sites for hydroxylation is 1. The Balaban J connectivity index is 1.96. The molecule has 106 valence electrons. The molecule has 2 N–H and O–H groups in total. The van der Waals surface area contributed by atoms with Crippen molar-refractivity contribution in [3.63, 3.8) is 0 Å². The minimum absolute atomic E-state index is 0.140. The first-order chi connectivity index (χ1) is 9.19. The molecule has 1 fully saturated rings. The van der Waals surface area contributed by atoms with Crippen LogP contribution in [0.4, 0.5) is 4.39 Å². The molecule has 4 heteroatoms. The van der Waals surface area contributed by atoms with Crippen molar-refractivity contribution in [2.24, 2.45) is 0 Å². The zero-order valence-corrected chi connectivity index (χ0v) is 11.5. The lowest BCUT2D eigenvalue weighted by molar-refractivity contribution is 0.179. The summed E-state index contributed by atoms with van der Waals surface area (Å²) < 4.78 is 13.5. The molecule has 1 aromatic rings. The van der Waals surface area contributed by atoms with Crippen LogP contribution in [0, 0.1) is 12.7 Å². The van der Waals surface area contributed by atoms with Gasteiger partial charge in [0.15, 0.2) is 0 Å². The van der Waals surface area contributed by atoms with E-state index in [0.29, 0.717) is 24.7 Å². The minimum atomic E-state index is -0.152. The van der Waals surface area contributed by atoms with Crippen molar-refractivity contribution in [1.29, 1.82) is 0 Å². The summed E-state index contributed by atoms with van der Waals surface area (Å²) in [5.41, 5.74) is 1.64. The Kier molecular flexibility index (Phi) is 5.31. The van der Waals surface area contributed by atoms with Gasteiger partial charge in [0.05, 0.1) is 6.61 Å². The maximum atomic E-state index is 13.5. The Hall–Kier alpha value is -0.970. The van der Waals surface area contributed by atoms with Gasteiger partial charge in [-0.25, -0.2) is 4.39 Å². The predicted molar refractivity (Wildman–Crippen MR) is 74.5 cm³/mol. The molecule has 1 unspecified atom stereocenters. The van der Waals surface area contributed by atoms with E-state index in [1.165, 1.54) is 12.8 Å². The number of aliphatic hydroxyl groups excluding tert-OH is 1. The summed E-state index contributed by atoms with van der Waals surface area (Å²) in [6.45, 7) is 5.23. The van der Waals surface area contributed by atoms with Gasteiger partial charge in [-0.1, -0.05) is 12.1 Å². The van der Waals surface area contributed by atoms with E-state index in [1.54, 1.807) is 13.0 Å². The highest BCUT2D eigenvalue weighted by Gasteiger charge is 2.17. The first-order valence-electron chi connectivity index (χ1n) is 7.00. The van der Waals surface area contributed by atoms with E-state index in [0.717, 1.165) is 18.7 Å². The van der Waals surface area contributed by atoms with E-state index in [2.05, 4.69) is 10.2 Å². The maximum Gasteiger partial charge on any atom is 0.126 e. The predicted octanol–water partition coefficient (Wildman–Crippen LogP) is 1.68. The third-order valence-corrected chi connectivity index (χ3v) is 3.70. The number of nitrogens with one attached hydrogen (secondary N) is 1. The summed E-state index contributed by atoms with van der Waals surface area (Å²) in [6, 6.07) is 5.88. The van der Waals surface area contributed by atoms with Crippen LogP contribution in [0.5, 0.6) is 0 Å². The molecule has 1 aromatic carbocycles. The summed E-state index contributed by atoms with van der Waals surface area (Å²) in [5, 5.41) is 12.6. The lowest BCUT2D eigenvalue weighted by atomic mass is 10.1. The van der Waals surface area contributed by atoms with Gasteiger partial charge in [0.1, 0.15) is 5.82 Å². The van der Waals surface area contributed by atoms with Crippen LogP contribution in [0.25, 0.3) is 0 Å². The van der Waals surface area contributed by atoms with Crippen molar-refractivity contribution < 1.29 is 9.50 Å². The van der Waals surface area contributed by atoms with Gasteiger partial charge in [-0.05, 0) is 43.5 Å². The zero-order chi connectivity index (χ0) is 13.7. The second kappa shape index (κ2) is 6.98. The number of halogens is 1. The number of rotatable bonds is 6. The minimum Gasteiger partial charge on any atom is -0.395 e. The van der Waals surface area contributed by atoms with Crippen LogP contribution >= 0.6 is 0 Å². The third kappa shape index (κ3) is 4.27. The lowest BCUT2D eigenvalue weighted by Crippen LogP contribution is -2.38. The highest BCUT2D eigenvalue weighted by atomic mass is 19.1. The summed E-state index contributed by atoms with van der Waals surface area (Å²) in [6.07, 6.45) is 2.40. The number of hydrogen-bond donors (Lipinski definition) is 2. The Morgan fingerprint density at radius 1 is 1.47 bits per heavy atom. The molecule has 0 bridgehead atoms. The van der Waals surface area contributed by atoms with Gasteiger partial charge in [0.25, 0.3) is 0 Å². The highest BCUT2D eigenvalue weighted by Crippen LogP contribution is 2.13. The molecule has 0 aliphatic carbocycles. The maximum absolute atomic E-state index is 13.5. The van der Waals surface area contributed by atoms with Gasteiger partial charge in [-0.3, -0.25) is 4.90 Å². The van der Waals surface area contributed by atoms with Gasteiger partial charge in [0.2, 0.25) is 0 Å². The van der Waals surface area contributed by atoms with Crippen molar-refractivity contribution in [2.75, 3.05) is 26.2 Å². The quantitative estimate of drug-likeness (QED) is 0.822. The second-order valence-corrected chi connectivity index (χ2v) is 5.34. The fraction of sp³-hybridized carbons (Fsp3) is 0.600. The molecular formula is C15H23FN2O. The van der Waals surface area contributed by atoms with E-state index >= 15 is 0 Å². The van der Waals surface area contributed by atoms with E-state index in [9.17, 15) is 4.39 Å². The Morgan fingerprint density at radius 2 is 2.32 bits per heavy atom. The van der Waals surface area contributed by atoms with Gasteiger partial charge in [-0.15, -0.1) is 0 Å². The second-order valence-electron chi connectivity index (χ2n) is 5.34. The zero-order valence-electron chi connectivity index (χ0n) is 11.5. The summed E-state index contributed by atoms with van der Waals surface area (Å²) >= 11 is 0. The molecule has 1 heterocycles. The molecule has 1 aliphatic rings. The Bertz CT molecular complexity index is 405. The van der Waals surface area contributed by atoms with Crippen LogP contribution in [0.15, 0.2) is 18.2 Å². The molecule has 1 atom stereocenters. The SMILES string of the molecule is Cc1ccc(CN(CCO)CC2CCCN2)cc1F. The molecule has 0 saturated carbocycles. The molecule has 0 amide bonds. The van der Waals surface area contributed by atoms with E-state index in [4.69, 9.17) is 5.11 Å². The fourth-order valence-electron chi connectivity index (χ4n) is 2.59. The molecule has 0 aromatic heterocycles. The Labute approximate surface area is 114 Å². The lowest BCUT2D eigenvalue weighted by Gasteiger charge is -2.25. The summed E-state index contributed by atoms with van der Waals surface area (Å²) in [4.78, 5) is 2.19. The number of aliphatic hydroxyl groups is 1. The van der Waals surface area contributed by atoms with Crippen LogP contribution in [-0.2, 0) is 6.54 Å². The van der Waals surface area contributed by atoms with Crippen LogP contribution in [0.2, 0.25) is 0 Å². The van der Waals surface area contributed by atoms with E-state index in [-0.39, 0.29) is 12.4 Å². The van der Waals surface area contributed by atoms with Crippen molar-refractivity contribution in [2.45, 2.75) is 32.4 Å². The first-order valence-corrected chi connectivity index (χ1v) is 7.00. The molecule has 1 saturated heterocycles. The van der Waals surface area contributed by atoms with Gasteiger partial charge < -0.3 is 10.4 Å². The molecule has 0 spiro atoms. The highest BCUT2D eigenvalue weighted by molar-refractivity contribution is 5.23. The average molecular weight is 266 g/mol. The number of nitrogens with zero attached hydrogens (tertiary/aromatic N) is 1. The van der Waals surface area contributed by atoms with Crippen LogP contribution < -0.4 is 5.32 Å². The van der Waals surface area contributed by atoms with Crippen molar-refractivity contribution >= 4 is 0 Å². The van der Waals surface area contributed by atoms with Gasteiger partial charge >= 0.3 is 0 Å². The fourth-order valence-corrected chi connectivity index (χ4v) is 2.59. The van der Waals surface area contributed by atoms with E-state index < -0.39 is 0 Å². The smallest absolute Gasteiger partial charge is 0.126 e. The monoisotopic (exact) mass is 266 g/mol. The molecular weight excluding hydrogens is 243 g/mol. The molecule has 0 radical (unpaired) electrons. The van der Waals surface area contributed by atoms with Crippen LogP contribution in [0.3, 0.4) is 0 Å². The Morgan fingerprint density at radius 3 is 2.95 bits per heavy atom. The summed E-state index contributed by atoms with van der Waals surface area (Å²) in [5.74, 6) is -0.152. The van der Waals surface area contributed by atoms with Crippen molar-refractivity contribution in [3.8, 4) is 0 Å². The van der Waals surface area contributed by atoms with Crippen molar-refractivity contribution in [1.82, 2.24) is 10.2 Å². The van der Waals surface area contributed by atoms with Gasteiger partial charge in [-0.2, -0.15) is 0 Å². The van der Waals surface area contributed by atoms with Crippen LogP contribution in [0.1, 0.15) is 24.0 Å².